The number of nitrogen functional groups attached to an aromatic ring is 1. The molecule has 108 valence electrons. The van der Waals surface area contributed by atoms with Crippen LogP contribution in [0.3, 0.4) is 0 Å². The maximum atomic E-state index is 12.4. The first-order chi connectivity index (χ1) is 9.95. The Morgan fingerprint density at radius 2 is 2.00 bits per heavy atom. The molecule has 0 aliphatic rings. The summed E-state index contributed by atoms with van der Waals surface area (Å²) < 4.78 is 45.9. The van der Waals surface area contributed by atoms with Crippen LogP contribution in [0.5, 0.6) is 10.9 Å². The highest BCUT2D eigenvalue weighted by Crippen LogP contribution is 2.35. The van der Waals surface area contributed by atoms with Gasteiger partial charge < -0.3 is 10.5 Å². The molecule has 0 atom stereocenters. The minimum Gasteiger partial charge on any atom is -0.429 e. The van der Waals surface area contributed by atoms with Crippen LogP contribution in [0.15, 0.2) is 30.5 Å². The molecule has 5 nitrogen and oxygen atoms in total. The molecule has 0 radical (unpaired) electrons. The molecule has 0 unspecified atom stereocenters. The molecule has 0 fully saturated rings. The summed E-state index contributed by atoms with van der Waals surface area (Å²) in [6, 6.07) is 6.50. The minimum atomic E-state index is -4.59. The van der Waals surface area contributed by atoms with Gasteiger partial charge in [-0.05, 0) is 24.3 Å². The van der Waals surface area contributed by atoms with Crippen molar-refractivity contribution < 1.29 is 17.9 Å². The quantitative estimate of drug-likeness (QED) is 0.733. The first kappa shape index (κ1) is 13.6. The lowest BCUT2D eigenvalue weighted by molar-refractivity contribution is -0.144. The zero-order valence-electron chi connectivity index (χ0n) is 10.3. The average Bonchev–Trinajstić information content (AvgIpc) is 2.91. The average molecular weight is 312 g/mol. The number of anilines is 1. The number of alkyl halides is 3. The number of ether oxygens (including phenoxy) is 1. The Labute approximate surface area is 120 Å². The van der Waals surface area contributed by atoms with Crippen LogP contribution >= 0.6 is 11.5 Å². The van der Waals surface area contributed by atoms with Crippen molar-refractivity contribution in [2.24, 2.45) is 0 Å². The van der Waals surface area contributed by atoms with Crippen LogP contribution in [-0.4, -0.2) is 14.3 Å². The summed E-state index contributed by atoms with van der Waals surface area (Å²) in [6.07, 6.45) is -3.03. The van der Waals surface area contributed by atoms with E-state index in [-0.39, 0.29) is 5.19 Å². The van der Waals surface area contributed by atoms with Gasteiger partial charge in [-0.1, -0.05) is 0 Å². The van der Waals surface area contributed by atoms with E-state index in [1.807, 2.05) is 0 Å². The molecule has 1 aromatic carbocycles. The minimum absolute atomic E-state index is 0.197. The summed E-state index contributed by atoms with van der Waals surface area (Å²) in [5.74, 6) is -0.905. The van der Waals surface area contributed by atoms with Gasteiger partial charge in [0, 0.05) is 23.1 Å². The molecule has 0 saturated heterocycles. The summed E-state index contributed by atoms with van der Waals surface area (Å²) in [5.41, 5.74) is 6.75. The topological polar surface area (TPSA) is 73.9 Å². The fourth-order valence-corrected chi connectivity index (χ4v) is 2.28. The third kappa shape index (κ3) is 2.59. The van der Waals surface area contributed by atoms with Gasteiger partial charge in [0.1, 0.15) is 5.75 Å². The van der Waals surface area contributed by atoms with Gasteiger partial charge >= 0.3 is 6.18 Å². The van der Waals surface area contributed by atoms with Crippen LogP contribution in [-0.2, 0) is 6.18 Å². The number of nitrogens with two attached hydrogens (primary N) is 1. The summed E-state index contributed by atoms with van der Waals surface area (Å²) in [4.78, 5) is 7.42. The molecule has 0 amide bonds. The van der Waals surface area contributed by atoms with E-state index in [1.54, 1.807) is 30.5 Å². The molecule has 9 heteroatoms. The molecule has 2 N–H and O–H groups in total. The molecule has 0 saturated carbocycles. The van der Waals surface area contributed by atoms with E-state index in [9.17, 15) is 13.2 Å². The predicted molar refractivity (Wildman–Crippen MR) is 71.1 cm³/mol. The van der Waals surface area contributed by atoms with E-state index in [4.69, 9.17) is 10.5 Å². The van der Waals surface area contributed by atoms with E-state index in [2.05, 4.69) is 14.3 Å². The lowest BCUT2D eigenvalue weighted by atomic mass is 10.2. The molecular weight excluding hydrogens is 305 g/mol. The van der Waals surface area contributed by atoms with Gasteiger partial charge in [0.05, 0.1) is 11.2 Å². The molecular formula is C12H7F3N4OS. The number of aromatic nitrogens is 3. The zero-order valence-corrected chi connectivity index (χ0v) is 11.1. The van der Waals surface area contributed by atoms with Gasteiger partial charge in [-0.15, -0.1) is 0 Å². The van der Waals surface area contributed by atoms with Crippen molar-refractivity contribution >= 4 is 28.1 Å². The number of pyridine rings is 1. The summed E-state index contributed by atoms with van der Waals surface area (Å²) in [5, 5.41) is 0.388. The van der Waals surface area contributed by atoms with Crippen molar-refractivity contribution in [1.82, 2.24) is 14.3 Å². The second-order valence-corrected chi connectivity index (χ2v) is 4.75. The van der Waals surface area contributed by atoms with Crippen LogP contribution in [0, 0.1) is 0 Å². The van der Waals surface area contributed by atoms with Crippen LogP contribution in [0.25, 0.3) is 10.9 Å². The molecule has 0 aliphatic carbocycles. The number of nitrogens with zero attached hydrogens (tertiary/aromatic N) is 3. The summed E-state index contributed by atoms with van der Waals surface area (Å²) in [7, 11) is 0. The van der Waals surface area contributed by atoms with Gasteiger partial charge in [0.25, 0.3) is 11.0 Å². The van der Waals surface area contributed by atoms with Gasteiger partial charge in [-0.3, -0.25) is 4.98 Å². The number of hydrogen-bond acceptors (Lipinski definition) is 6. The standard InChI is InChI=1S/C12H7F3N4OS/c13-12(14,15)10-18-11(21-19-10)20-8-4-3-7(16)9-6(8)2-1-5-17-9/h1-5H,16H2. The van der Waals surface area contributed by atoms with Crippen molar-refractivity contribution in [1.29, 1.82) is 0 Å². The molecule has 0 spiro atoms. The van der Waals surface area contributed by atoms with Crippen LogP contribution in [0.2, 0.25) is 0 Å². The number of fused-ring (bicyclic) bond motifs is 1. The van der Waals surface area contributed by atoms with E-state index < -0.39 is 12.0 Å². The third-order valence-corrected chi connectivity index (χ3v) is 3.21. The van der Waals surface area contributed by atoms with E-state index in [0.717, 1.165) is 0 Å². The van der Waals surface area contributed by atoms with Crippen LogP contribution in [0.1, 0.15) is 5.82 Å². The second kappa shape index (κ2) is 4.85. The Balaban J connectivity index is 1.99. The van der Waals surface area contributed by atoms with E-state index >= 15 is 0 Å². The van der Waals surface area contributed by atoms with Crippen molar-refractivity contribution in [3.63, 3.8) is 0 Å². The van der Waals surface area contributed by atoms with Gasteiger partial charge in [0.15, 0.2) is 0 Å². The van der Waals surface area contributed by atoms with Crippen molar-refractivity contribution in [2.75, 3.05) is 5.73 Å². The summed E-state index contributed by atoms with van der Waals surface area (Å²) >= 11 is 0.529. The second-order valence-electron chi connectivity index (χ2n) is 4.04. The first-order valence-corrected chi connectivity index (χ1v) is 6.44. The Morgan fingerprint density at radius 3 is 2.71 bits per heavy atom. The molecule has 2 heterocycles. The van der Waals surface area contributed by atoms with Gasteiger partial charge in [-0.25, -0.2) is 0 Å². The Hall–Kier alpha value is -2.42. The van der Waals surface area contributed by atoms with E-state index in [0.29, 0.717) is 33.9 Å². The number of hydrogen-bond donors (Lipinski definition) is 1. The van der Waals surface area contributed by atoms with E-state index in [1.165, 1.54) is 0 Å². The van der Waals surface area contributed by atoms with Gasteiger partial charge in [-0.2, -0.15) is 22.5 Å². The highest BCUT2D eigenvalue weighted by Gasteiger charge is 2.36. The molecule has 21 heavy (non-hydrogen) atoms. The molecule has 3 rings (SSSR count). The Morgan fingerprint density at radius 1 is 1.19 bits per heavy atom. The normalized spacial score (nSPS) is 11.8. The lowest BCUT2D eigenvalue weighted by Crippen LogP contribution is -2.06. The molecule has 3 aromatic rings. The molecule has 0 bridgehead atoms. The maximum Gasteiger partial charge on any atom is 0.452 e. The van der Waals surface area contributed by atoms with Crippen LogP contribution in [0.4, 0.5) is 18.9 Å². The fraction of sp³-hybridized carbons (Fsp3) is 0.0833. The molecule has 2 aromatic heterocycles. The number of benzene rings is 1. The monoisotopic (exact) mass is 312 g/mol. The first-order valence-electron chi connectivity index (χ1n) is 5.67. The van der Waals surface area contributed by atoms with Crippen molar-refractivity contribution in [3.8, 4) is 10.9 Å². The maximum absolute atomic E-state index is 12.4. The van der Waals surface area contributed by atoms with Crippen molar-refractivity contribution in [2.45, 2.75) is 6.18 Å². The van der Waals surface area contributed by atoms with Crippen LogP contribution < -0.4 is 10.5 Å². The Bertz CT molecular complexity index is 803. The highest BCUT2D eigenvalue weighted by molar-refractivity contribution is 7.07. The lowest BCUT2D eigenvalue weighted by Gasteiger charge is -2.07. The fourth-order valence-electron chi connectivity index (χ4n) is 1.72. The SMILES string of the molecule is Nc1ccc(Oc2nc(C(F)(F)F)ns2)c2cccnc12. The van der Waals surface area contributed by atoms with Crippen molar-refractivity contribution in [3.05, 3.63) is 36.3 Å². The smallest absolute Gasteiger partial charge is 0.429 e. The number of rotatable bonds is 2. The summed E-state index contributed by atoms with van der Waals surface area (Å²) in [6.45, 7) is 0. The molecule has 0 aliphatic heterocycles. The predicted octanol–water partition coefficient (Wildman–Crippen LogP) is 3.48. The Kier molecular flexibility index (Phi) is 3.13. The number of halogens is 3. The third-order valence-electron chi connectivity index (χ3n) is 2.62. The largest absolute Gasteiger partial charge is 0.452 e. The zero-order chi connectivity index (χ0) is 15.0. The van der Waals surface area contributed by atoms with Gasteiger partial charge in [0.2, 0.25) is 0 Å². The highest BCUT2D eigenvalue weighted by atomic mass is 32.1.